The third kappa shape index (κ3) is 6.66. The molecule has 0 aliphatic rings. The van der Waals surface area contributed by atoms with Crippen molar-refractivity contribution in [3.63, 3.8) is 0 Å². The topological polar surface area (TPSA) is 59.6 Å². The lowest BCUT2D eigenvalue weighted by atomic mass is 10.1. The second-order valence-electron chi connectivity index (χ2n) is 7.23. The van der Waals surface area contributed by atoms with Gasteiger partial charge in [0.05, 0.1) is 6.61 Å². The summed E-state index contributed by atoms with van der Waals surface area (Å²) in [5.74, 6) is 0.909. The molecule has 6 heteroatoms. The number of anilines is 2. The van der Waals surface area contributed by atoms with Gasteiger partial charge in [0.2, 0.25) is 0 Å². The Morgan fingerprint density at radius 1 is 0.968 bits per heavy atom. The molecule has 5 nitrogen and oxygen atoms in total. The summed E-state index contributed by atoms with van der Waals surface area (Å²) in [6.45, 7) is 6.92. The standard InChI is InChI=1S/C25H27ClN2O3/c1-4-30-24-13-19(15-27-22-14-20(26)10-8-18(22)3)9-11-23(24)31-16-25(29)28-21-7-5-6-17(2)12-21/h5-14,27H,4,15-16H2,1-3H3,(H,28,29). The molecular formula is C25H27ClN2O3. The Morgan fingerprint density at radius 3 is 2.58 bits per heavy atom. The summed E-state index contributed by atoms with van der Waals surface area (Å²) in [4.78, 5) is 12.3. The lowest BCUT2D eigenvalue weighted by Gasteiger charge is -2.15. The Hall–Kier alpha value is -3.18. The van der Waals surface area contributed by atoms with E-state index in [4.69, 9.17) is 21.1 Å². The number of carbonyl (C=O) groups is 1. The molecule has 3 rings (SSSR count). The average Bonchev–Trinajstić information content (AvgIpc) is 2.74. The maximum Gasteiger partial charge on any atom is 0.262 e. The number of ether oxygens (including phenoxy) is 2. The molecule has 0 saturated heterocycles. The summed E-state index contributed by atoms with van der Waals surface area (Å²) in [7, 11) is 0. The third-order valence-electron chi connectivity index (χ3n) is 4.65. The van der Waals surface area contributed by atoms with E-state index in [0.717, 1.165) is 28.1 Å². The Bertz CT molecular complexity index is 1050. The zero-order valence-electron chi connectivity index (χ0n) is 18.0. The molecule has 2 N–H and O–H groups in total. The van der Waals surface area contributed by atoms with E-state index in [2.05, 4.69) is 10.6 Å². The number of hydrogen-bond donors (Lipinski definition) is 2. The number of halogens is 1. The van der Waals surface area contributed by atoms with Crippen LogP contribution >= 0.6 is 11.6 Å². The van der Waals surface area contributed by atoms with E-state index in [1.165, 1.54) is 0 Å². The van der Waals surface area contributed by atoms with Crippen LogP contribution in [0.4, 0.5) is 11.4 Å². The normalized spacial score (nSPS) is 10.5. The fourth-order valence-electron chi connectivity index (χ4n) is 3.10. The summed E-state index contributed by atoms with van der Waals surface area (Å²) >= 11 is 6.10. The number of rotatable bonds is 9. The van der Waals surface area contributed by atoms with Crippen LogP contribution in [0.3, 0.4) is 0 Å². The summed E-state index contributed by atoms with van der Waals surface area (Å²) in [6, 6.07) is 19.1. The minimum Gasteiger partial charge on any atom is -0.490 e. The van der Waals surface area contributed by atoms with E-state index in [0.29, 0.717) is 29.7 Å². The summed E-state index contributed by atoms with van der Waals surface area (Å²) in [5, 5.41) is 6.93. The molecule has 0 aliphatic carbocycles. The van der Waals surface area contributed by atoms with Gasteiger partial charge in [-0.2, -0.15) is 0 Å². The molecule has 162 valence electrons. The third-order valence-corrected chi connectivity index (χ3v) is 4.89. The van der Waals surface area contributed by atoms with Crippen molar-refractivity contribution < 1.29 is 14.3 Å². The van der Waals surface area contributed by atoms with Crippen LogP contribution in [0.15, 0.2) is 60.7 Å². The van der Waals surface area contributed by atoms with Gasteiger partial charge in [-0.3, -0.25) is 4.79 Å². The van der Waals surface area contributed by atoms with Crippen LogP contribution in [0.1, 0.15) is 23.6 Å². The van der Waals surface area contributed by atoms with Gasteiger partial charge in [0.1, 0.15) is 0 Å². The number of benzene rings is 3. The van der Waals surface area contributed by atoms with Crippen LogP contribution in [0.5, 0.6) is 11.5 Å². The van der Waals surface area contributed by atoms with Crippen LogP contribution in [-0.2, 0) is 11.3 Å². The van der Waals surface area contributed by atoms with Crippen molar-refractivity contribution >= 4 is 28.9 Å². The van der Waals surface area contributed by atoms with Gasteiger partial charge in [-0.1, -0.05) is 35.9 Å². The molecule has 0 aromatic heterocycles. The number of hydrogen-bond acceptors (Lipinski definition) is 4. The van der Waals surface area contributed by atoms with E-state index in [1.54, 1.807) is 0 Å². The summed E-state index contributed by atoms with van der Waals surface area (Å²) < 4.78 is 11.5. The van der Waals surface area contributed by atoms with Crippen LogP contribution in [0.2, 0.25) is 5.02 Å². The van der Waals surface area contributed by atoms with Crippen molar-refractivity contribution in [2.24, 2.45) is 0 Å². The molecule has 31 heavy (non-hydrogen) atoms. The van der Waals surface area contributed by atoms with Crippen molar-refractivity contribution in [3.05, 3.63) is 82.4 Å². The van der Waals surface area contributed by atoms with Crippen molar-refractivity contribution in [1.29, 1.82) is 0 Å². The SMILES string of the molecule is CCOc1cc(CNc2cc(Cl)ccc2C)ccc1OCC(=O)Nc1cccc(C)c1. The van der Waals surface area contributed by atoms with E-state index in [-0.39, 0.29) is 12.5 Å². The predicted molar refractivity (Wildman–Crippen MR) is 126 cm³/mol. The zero-order chi connectivity index (χ0) is 22.2. The van der Waals surface area contributed by atoms with Gasteiger partial charge in [0.15, 0.2) is 18.1 Å². The Kier molecular flexibility index (Phi) is 7.79. The smallest absolute Gasteiger partial charge is 0.262 e. The van der Waals surface area contributed by atoms with Crippen LogP contribution in [0.25, 0.3) is 0 Å². The number of nitrogens with one attached hydrogen (secondary N) is 2. The molecule has 0 bridgehead atoms. The number of carbonyl (C=O) groups excluding carboxylic acids is 1. The van der Waals surface area contributed by atoms with Crippen molar-refractivity contribution in [3.8, 4) is 11.5 Å². The Morgan fingerprint density at radius 2 is 1.81 bits per heavy atom. The van der Waals surface area contributed by atoms with Crippen molar-refractivity contribution in [1.82, 2.24) is 0 Å². The van der Waals surface area contributed by atoms with Crippen molar-refractivity contribution in [2.75, 3.05) is 23.8 Å². The molecule has 0 radical (unpaired) electrons. The van der Waals surface area contributed by atoms with E-state index in [9.17, 15) is 4.79 Å². The lowest BCUT2D eigenvalue weighted by molar-refractivity contribution is -0.118. The van der Waals surface area contributed by atoms with Crippen molar-refractivity contribution in [2.45, 2.75) is 27.3 Å². The Balaban J connectivity index is 1.62. The fourth-order valence-corrected chi connectivity index (χ4v) is 3.27. The largest absolute Gasteiger partial charge is 0.490 e. The average molecular weight is 439 g/mol. The second kappa shape index (κ2) is 10.7. The monoisotopic (exact) mass is 438 g/mol. The number of amides is 1. The summed E-state index contributed by atoms with van der Waals surface area (Å²) in [5.41, 5.74) is 4.96. The lowest BCUT2D eigenvalue weighted by Crippen LogP contribution is -2.20. The highest BCUT2D eigenvalue weighted by Crippen LogP contribution is 2.29. The maximum absolute atomic E-state index is 12.3. The molecule has 0 fully saturated rings. The molecule has 0 saturated carbocycles. The molecule has 0 atom stereocenters. The van der Waals surface area contributed by atoms with Gasteiger partial charge >= 0.3 is 0 Å². The van der Waals surface area contributed by atoms with Gasteiger partial charge in [0, 0.05) is 22.9 Å². The van der Waals surface area contributed by atoms with Crippen LogP contribution in [0, 0.1) is 13.8 Å². The molecule has 0 aliphatic heterocycles. The highest BCUT2D eigenvalue weighted by atomic mass is 35.5. The molecule has 0 heterocycles. The first-order chi connectivity index (χ1) is 14.9. The molecule has 0 spiro atoms. The van der Waals surface area contributed by atoms with Gasteiger partial charge in [-0.15, -0.1) is 0 Å². The first kappa shape index (κ1) is 22.5. The highest BCUT2D eigenvalue weighted by molar-refractivity contribution is 6.30. The van der Waals surface area contributed by atoms with E-state index < -0.39 is 0 Å². The Labute approximate surface area is 188 Å². The first-order valence-electron chi connectivity index (χ1n) is 10.2. The summed E-state index contributed by atoms with van der Waals surface area (Å²) in [6.07, 6.45) is 0. The molecule has 1 amide bonds. The molecular weight excluding hydrogens is 412 g/mol. The van der Waals surface area contributed by atoms with Gasteiger partial charge < -0.3 is 20.1 Å². The molecule has 0 unspecified atom stereocenters. The molecule has 3 aromatic carbocycles. The van der Waals surface area contributed by atoms with Gasteiger partial charge in [0.25, 0.3) is 5.91 Å². The van der Waals surface area contributed by atoms with Crippen LogP contribution in [-0.4, -0.2) is 19.1 Å². The quantitative estimate of drug-likeness (QED) is 0.431. The second-order valence-corrected chi connectivity index (χ2v) is 7.67. The van der Waals surface area contributed by atoms with Gasteiger partial charge in [-0.05, 0) is 73.9 Å². The van der Waals surface area contributed by atoms with E-state index in [1.807, 2.05) is 81.4 Å². The fraction of sp³-hybridized carbons (Fsp3) is 0.240. The minimum absolute atomic E-state index is 0.104. The van der Waals surface area contributed by atoms with Crippen LogP contribution < -0.4 is 20.1 Å². The minimum atomic E-state index is -0.227. The maximum atomic E-state index is 12.3. The molecule has 3 aromatic rings. The van der Waals surface area contributed by atoms with Gasteiger partial charge in [-0.25, -0.2) is 0 Å². The number of aryl methyl sites for hydroxylation is 2. The highest BCUT2D eigenvalue weighted by Gasteiger charge is 2.10. The zero-order valence-corrected chi connectivity index (χ0v) is 18.8. The first-order valence-corrected chi connectivity index (χ1v) is 10.6. The predicted octanol–water partition coefficient (Wildman–Crippen LogP) is 5.99. The van der Waals surface area contributed by atoms with E-state index >= 15 is 0 Å².